The predicted octanol–water partition coefficient (Wildman–Crippen LogP) is 3.21. The van der Waals surface area contributed by atoms with Gasteiger partial charge in [-0.25, -0.2) is 13.4 Å². The number of carbonyl (C=O) groups excluding carboxylic acids is 1. The minimum absolute atomic E-state index is 0.0347. The van der Waals surface area contributed by atoms with E-state index in [4.69, 9.17) is 9.15 Å². The van der Waals surface area contributed by atoms with Crippen LogP contribution in [0.2, 0.25) is 0 Å². The van der Waals surface area contributed by atoms with Crippen molar-refractivity contribution >= 4 is 15.9 Å². The van der Waals surface area contributed by atoms with Crippen LogP contribution < -0.4 is 4.74 Å². The fraction of sp³-hybridized carbons (Fsp3) is 0.333. The van der Waals surface area contributed by atoms with Crippen LogP contribution >= 0.6 is 0 Å². The Labute approximate surface area is 193 Å². The molecule has 174 valence electrons. The maximum atomic E-state index is 12.9. The Hall–Kier alpha value is -3.17. The van der Waals surface area contributed by atoms with Crippen LogP contribution in [0.1, 0.15) is 19.2 Å². The van der Waals surface area contributed by atoms with E-state index in [1.165, 1.54) is 4.31 Å². The van der Waals surface area contributed by atoms with Gasteiger partial charge in [-0.15, -0.1) is 0 Å². The summed E-state index contributed by atoms with van der Waals surface area (Å²) in [6.07, 6.45) is 2.33. The summed E-state index contributed by atoms with van der Waals surface area (Å²) in [5.41, 5.74) is 0.937. The molecule has 1 aromatic heterocycles. The molecular weight excluding hydrogens is 442 g/mol. The topological polar surface area (TPSA) is 93.0 Å². The molecule has 9 heteroatoms. The lowest BCUT2D eigenvalue weighted by Gasteiger charge is -2.34. The van der Waals surface area contributed by atoms with Gasteiger partial charge in [-0.05, 0) is 31.2 Å². The first-order valence-corrected chi connectivity index (χ1v) is 12.4. The highest BCUT2D eigenvalue weighted by Gasteiger charge is 2.30. The molecule has 0 unspecified atom stereocenters. The summed E-state index contributed by atoms with van der Waals surface area (Å²) in [4.78, 5) is 18.8. The zero-order chi connectivity index (χ0) is 23.3. The second kappa shape index (κ2) is 10.2. The molecule has 3 aromatic rings. The van der Waals surface area contributed by atoms with Gasteiger partial charge in [0.05, 0.1) is 17.7 Å². The largest absolute Gasteiger partial charge is 0.494 e. The van der Waals surface area contributed by atoms with Gasteiger partial charge in [-0.2, -0.15) is 4.31 Å². The molecular formula is C24H27N3O5S. The van der Waals surface area contributed by atoms with Gasteiger partial charge < -0.3 is 14.1 Å². The summed E-state index contributed by atoms with van der Waals surface area (Å²) in [5, 5.41) is 0. The number of aryl methyl sites for hydroxylation is 1. The van der Waals surface area contributed by atoms with Crippen LogP contribution in [0.25, 0.3) is 11.3 Å². The Kier molecular flexibility index (Phi) is 7.10. The first kappa shape index (κ1) is 23.0. The van der Waals surface area contributed by atoms with Gasteiger partial charge in [0.1, 0.15) is 5.75 Å². The Morgan fingerprint density at radius 3 is 2.39 bits per heavy atom. The summed E-state index contributed by atoms with van der Waals surface area (Å²) in [7, 11) is -3.61. The maximum Gasteiger partial charge on any atom is 0.243 e. The van der Waals surface area contributed by atoms with Crippen molar-refractivity contribution in [3.63, 3.8) is 0 Å². The van der Waals surface area contributed by atoms with Crippen LogP contribution in [0, 0.1) is 0 Å². The van der Waals surface area contributed by atoms with Crippen LogP contribution in [0.15, 0.2) is 70.1 Å². The molecule has 1 aliphatic heterocycles. The van der Waals surface area contributed by atoms with E-state index in [1.54, 1.807) is 35.4 Å². The molecule has 1 aliphatic rings. The van der Waals surface area contributed by atoms with Crippen molar-refractivity contribution in [3.05, 3.63) is 66.7 Å². The number of ether oxygens (including phenoxy) is 1. The van der Waals surface area contributed by atoms with Crippen molar-refractivity contribution in [1.29, 1.82) is 0 Å². The molecule has 0 radical (unpaired) electrons. The van der Waals surface area contributed by atoms with E-state index in [0.29, 0.717) is 43.5 Å². The van der Waals surface area contributed by atoms with Gasteiger partial charge in [0, 0.05) is 44.6 Å². The number of aromatic nitrogens is 1. The van der Waals surface area contributed by atoms with E-state index in [1.807, 2.05) is 37.3 Å². The van der Waals surface area contributed by atoms with Crippen molar-refractivity contribution in [1.82, 2.24) is 14.2 Å². The number of benzene rings is 2. The van der Waals surface area contributed by atoms with Crippen molar-refractivity contribution in [2.45, 2.75) is 24.7 Å². The second-order valence-corrected chi connectivity index (χ2v) is 9.61. The Bertz CT molecular complexity index is 1170. The molecule has 1 amide bonds. The number of oxazole rings is 1. The minimum atomic E-state index is -3.61. The lowest BCUT2D eigenvalue weighted by molar-refractivity contribution is -0.132. The van der Waals surface area contributed by atoms with E-state index in [0.717, 1.165) is 5.56 Å². The van der Waals surface area contributed by atoms with Crippen molar-refractivity contribution in [2.24, 2.45) is 0 Å². The quantitative estimate of drug-likeness (QED) is 0.503. The smallest absolute Gasteiger partial charge is 0.243 e. The molecule has 0 spiro atoms. The van der Waals surface area contributed by atoms with E-state index < -0.39 is 10.0 Å². The molecule has 1 saturated heterocycles. The number of rotatable bonds is 8. The molecule has 0 aliphatic carbocycles. The van der Waals surface area contributed by atoms with Crippen molar-refractivity contribution < 1.29 is 22.4 Å². The summed E-state index contributed by atoms with van der Waals surface area (Å²) in [6.45, 7) is 3.63. The van der Waals surface area contributed by atoms with Crippen molar-refractivity contribution in [2.75, 3.05) is 32.8 Å². The van der Waals surface area contributed by atoms with E-state index in [2.05, 4.69) is 4.98 Å². The maximum absolute atomic E-state index is 12.9. The highest BCUT2D eigenvalue weighted by atomic mass is 32.2. The molecule has 2 heterocycles. The normalized spacial score (nSPS) is 14.9. The first-order valence-electron chi connectivity index (χ1n) is 11.0. The monoisotopic (exact) mass is 469 g/mol. The number of hydrogen-bond acceptors (Lipinski definition) is 6. The van der Waals surface area contributed by atoms with Gasteiger partial charge in [-0.3, -0.25) is 4.79 Å². The molecule has 0 bridgehead atoms. The Morgan fingerprint density at radius 2 is 1.73 bits per heavy atom. The summed E-state index contributed by atoms with van der Waals surface area (Å²) >= 11 is 0. The highest BCUT2D eigenvalue weighted by Crippen LogP contribution is 2.22. The van der Waals surface area contributed by atoms with Gasteiger partial charge >= 0.3 is 0 Å². The SMILES string of the molecule is CCOc1ccc(S(=O)(=O)N2CCN(C(=O)CCc3ncc(-c4ccccc4)o3)CC2)cc1. The van der Waals surface area contributed by atoms with Crippen LogP contribution in [0.4, 0.5) is 0 Å². The first-order chi connectivity index (χ1) is 16.0. The van der Waals surface area contributed by atoms with E-state index in [-0.39, 0.29) is 30.3 Å². The highest BCUT2D eigenvalue weighted by molar-refractivity contribution is 7.89. The number of amides is 1. The molecule has 4 rings (SSSR count). The van der Waals surface area contributed by atoms with Gasteiger partial charge in [0.25, 0.3) is 0 Å². The average Bonchev–Trinajstić information content (AvgIpc) is 3.33. The molecule has 0 atom stereocenters. The lowest BCUT2D eigenvalue weighted by atomic mass is 10.2. The third kappa shape index (κ3) is 5.43. The molecule has 0 N–H and O–H groups in total. The number of carbonyl (C=O) groups is 1. The van der Waals surface area contributed by atoms with Crippen LogP contribution in [-0.2, 0) is 21.2 Å². The van der Waals surface area contributed by atoms with Gasteiger partial charge in [-0.1, -0.05) is 30.3 Å². The van der Waals surface area contributed by atoms with Crippen LogP contribution in [-0.4, -0.2) is 61.3 Å². The molecule has 0 saturated carbocycles. The zero-order valence-electron chi connectivity index (χ0n) is 18.5. The minimum Gasteiger partial charge on any atom is -0.494 e. The van der Waals surface area contributed by atoms with Crippen LogP contribution in [0.3, 0.4) is 0 Å². The molecule has 2 aromatic carbocycles. The molecule has 33 heavy (non-hydrogen) atoms. The van der Waals surface area contributed by atoms with E-state index >= 15 is 0 Å². The third-order valence-electron chi connectivity index (χ3n) is 5.53. The summed E-state index contributed by atoms with van der Waals surface area (Å²) in [6, 6.07) is 16.1. The molecule has 8 nitrogen and oxygen atoms in total. The number of hydrogen-bond donors (Lipinski definition) is 0. The lowest BCUT2D eigenvalue weighted by Crippen LogP contribution is -2.50. The fourth-order valence-electron chi connectivity index (χ4n) is 3.74. The number of nitrogens with zero attached hydrogens (tertiary/aromatic N) is 3. The predicted molar refractivity (Wildman–Crippen MR) is 123 cm³/mol. The molecule has 1 fully saturated rings. The van der Waals surface area contributed by atoms with E-state index in [9.17, 15) is 13.2 Å². The van der Waals surface area contributed by atoms with Gasteiger partial charge in [0.2, 0.25) is 15.9 Å². The second-order valence-electron chi connectivity index (χ2n) is 7.67. The Morgan fingerprint density at radius 1 is 1.03 bits per heavy atom. The Balaban J connectivity index is 1.28. The zero-order valence-corrected chi connectivity index (χ0v) is 19.3. The number of piperazine rings is 1. The summed E-state index contributed by atoms with van der Waals surface area (Å²) in [5.74, 6) is 1.78. The standard InChI is InChI=1S/C24H27N3O5S/c1-2-31-20-8-10-21(11-9-20)33(29,30)27-16-14-26(15-17-27)24(28)13-12-23-25-18-22(32-23)19-6-4-3-5-7-19/h3-11,18H,2,12-17H2,1H3. The van der Waals surface area contributed by atoms with Gasteiger partial charge in [0.15, 0.2) is 11.7 Å². The number of sulfonamides is 1. The summed E-state index contributed by atoms with van der Waals surface area (Å²) < 4.78 is 38.4. The van der Waals surface area contributed by atoms with Crippen LogP contribution in [0.5, 0.6) is 5.75 Å². The average molecular weight is 470 g/mol. The third-order valence-corrected chi connectivity index (χ3v) is 7.44. The van der Waals surface area contributed by atoms with Crippen molar-refractivity contribution in [3.8, 4) is 17.1 Å². The fourth-order valence-corrected chi connectivity index (χ4v) is 5.16.